The number of hydrogen-bond acceptors (Lipinski definition) is 2. The van der Waals surface area contributed by atoms with Gasteiger partial charge in [0.05, 0.1) is 5.60 Å². The minimum Gasteiger partial charge on any atom is -0.389 e. The topological polar surface area (TPSA) is 32.3 Å². The van der Waals surface area contributed by atoms with Gasteiger partial charge in [0.1, 0.15) is 0 Å². The van der Waals surface area contributed by atoms with Crippen molar-refractivity contribution in [2.75, 3.05) is 6.54 Å². The van der Waals surface area contributed by atoms with Crippen LogP contribution in [0.2, 0.25) is 0 Å². The fourth-order valence-electron chi connectivity index (χ4n) is 4.03. The fraction of sp³-hybridized carbons (Fsp3) is 0.667. The maximum Gasteiger partial charge on any atom is 0.0774 e. The molecule has 1 aromatic rings. The number of aryl methyl sites for hydroxylation is 1. The molecule has 0 saturated heterocycles. The Kier molecular flexibility index (Phi) is 4.72. The first-order chi connectivity index (χ1) is 10.0. The lowest BCUT2D eigenvalue weighted by molar-refractivity contribution is -0.0140. The predicted molar refractivity (Wildman–Crippen MR) is 90.5 cm³/mol. The molecule has 2 aliphatic rings. The van der Waals surface area contributed by atoms with E-state index >= 15 is 0 Å². The molecule has 0 bridgehead atoms. The molecule has 0 spiro atoms. The van der Waals surface area contributed by atoms with E-state index in [-0.39, 0.29) is 0 Å². The Morgan fingerprint density at radius 1 is 1.33 bits per heavy atom. The van der Waals surface area contributed by atoms with E-state index in [1.165, 1.54) is 34.9 Å². The molecule has 3 heteroatoms. The number of benzene rings is 1. The molecule has 2 aliphatic carbocycles. The number of hydrogen-bond donors (Lipinski definition) is 2. The van der Waals surface area contributed by atoms with Crippen LogP contribution in [0.4, 0.5) is 0 Å². The van der Waals surface area contributed by atoms with Crippen LogP contribution in [0.5, 0.6) is 0 Å². The highest BCUT2D eigenvalue weighted by molar-refractivity contribution is 9.10. The molecule has 1 aromatic carbocycles. The second-order valence-electron chi connectivity index (χ2n) is 7.16. The molecule has 0 aromatic heterocycles. The first-order valence-corrected chi connectivity index (χ1v) is 9.06. The van der Waals surface area contributed by atoms with Crippen LogP contribution in [0.1, 0.15) is 50.2 Å². The molecule has 0 aliphatic heterocycles. The first-order valence-electron chi connectivity index (χ1n) is 8.27. The fourth-order valence-corrected chi connectivity index (χ4v) is 4.43. The lowest BCUT2D eigenvalue weighted by Gasteiger charge is -2.37. The third-order valence-electron chi connectivity index (χ3n) is 5.18. The second kappa shape index (κ2) is 6.39. The van der Waals surface area contributed by atoms with Crippen LogP contribution in [0.25, 0.3) is 0 Å². The smallest absolute Gasteiger partial charge is 0.0774 e. The van der Waals surface area contributed by atoms with Crippen molar-refractivity contribution >= 4 is 15.9 Å². The summed E-state index contributed by atoms with van der Waals surface area (Å²) in [5, 5.41) is 14.4. The summed E-state index contributed by atoms with van der Waals surface area (Å²) in [5.41, 5.74) is 2.47. The summed E-state index contributed by atoms with van der Waals surface area (Å²) in [5.74, 6) is 0.662. The Morgan fingerprint density at radius 3 is 3.00 bits per heavy atom. The quantitative estimate of drug-likeness (QED) is 0.866. The van der Waals surface area contributed by atoms with Gasteiger partial charge in [-0.1, -0.05) is 41.8 Å². The van der Waals surface area contributed by atoms with E-state index in [2.05, 4.69) is 46.4 Å². The zero-order valence-electron chi connectivity index (χ0n) is 12.9. The largest absolute Gasteiger partial charge is 0.389 e. The van der Waals surface area contributed by atoms with E-state index in [4.69, 9.17) is 0 Å². The van der Waals surface area contributed by atoms with Gasteiger partial charge in [-0.25, -0.2) is 0 Å². The lowest BCUT2D eigenvalue weighted by atomic mass is 9.78. The Morgan fingerprint density at radius 2 is 2.19 bits per heavy atom. The van der Waals surface area contributed by atoms with E-state index in [1.54, 1.807) is 0 Å². The van der Waals surface area contributed by atoms with Crippen LogP contribution < -0.4 is 5.32 Å². The molecule has 0 radical (unpaired) electrons. The minimum atomic E-state index is -0.475. The zero-order chi connectivity index (χ0) is 14.9. The summed E-state index contributed by atoms with van der Waals surface area (Å²) in [6, 6.07) is 7.14. The Balaban J connectivity index is 1.56. The highest BCUT2D eigenvalue weighted by Crippen LogP contribution is 2.32. The summed E-state index contributed by atoms with van der Waals surface area (Å²) in [4.78, 5) is 0. The monoisotopic (exact) mass is 351 g/mol. The first kappa shape index (κ1) is 15.5. The predicted octanol–water partition coefficient (Wildman–Crippen LogP) is 3.84. The van der Waals surface area contributed by atoms with Crippen molar-refractivity contribution in [1.29, 1.82) is 0 Å². The molecule has 116 valence electrons. The number of aliphatic hydroxyl groups is 1. The van der Waals surface area contributed by atoms with Crippen LogP contribution in [0, 0.1) is 5.92 Å². The van der Waals surface area contributed by atoms with E-state index in [0.29, 0.717) is 12.0 Å². The number of fused-ring (bicyclic) bond motifs is 1. The van der Waals surface area contributed by atoms with E-state index in [0.717, 1.165) is 32.2 Å². The van der Waals surface area contributed by atoms with Crippen molar-refractivity contribution in [2.45, 2.75) is 63.5 Å². The molecule has 2 nitrogen and oxygen atoms in total. The number of rotatable bonds is 3. The van der Waals surface area contributed by atoms with Crippen molar-refractivity contribution in [1.82, 2.24) is 5.32 Å². The molecule has 1 saturated carbocycles. The van der Waals surface area contributed by atoms with Crippen molar-refractivity contribution in [3.8, 4) is 0 Å². The van der Waals surface area contributed by atoms with Crippen LogP contribution in [0.3, 0.4) is 0 Å². The SMILES string of the molecule is CC1CCCC(O)(CNC2CCc3cc(Br)ccc3C2)C1. The summed E-state index contributed by atoms with van der Waals surface area (Å²) in [6.45, 7) is 3.02. The Labute approximate surface area is 136 Å². The Hall–Kier alpha value is -0.380. The van der Waals surface area contributed by atoms with Crippen molar-refractivity contribution < 1.29 is 5.11 Å². The number of halogens is 1. The molecule has 0 amide bonds. The van der Waals surface area contributed by atoms with Crippen molar-refractivity contribution in [3.63, 3.8) is 0 Å². The van der Waals surface area contributed by atoms with Gasteiger partial charge in [0, 0.05) is 17.1 Å². The normalized spacial score (nSPS) is 32.7. The van der Waals surface area contributed by atoms with Crippen LogP contribution in [-0.2, 0) is 12.8 Å². The van der Waals surface area contributed by atoms with E-state index < -0.39 is 5.60 Å². The average molecular weight is 352 g/mol. The molecular weight excluding hydrogens is 326 g/mol. The van der Waals surface area contributed by atoms with Gasteiger partial charge in [-0.3, -0.25) is 0 Å². The van der Waals surface area contributed by atoms with Gasteiger partial charge >= 0.3 is 0 Å². The highest BCUT2D eigenvalue weighted by atomic mass is 79.9. The van der Waals surface area contributed by atoms with Crippen LogP contribution in [-0.4, -0.2) is 23.3 Å². The molecule has 2 N–H and O–H groups in total. The standard InChI is InChI=1S/C18H26BrNO/c1-13-3-2-8-18(21,11-13)12-20-17-7-5-14-9-16(19)6-4-15(14)10-17/h4,6,9,13,17,20-21H,2-3,5,7-8,10-12H2,1H3. The molecular formula is C18H26BrNO. The van der Waals surface area contributed by atoms with Crippen LogP contribution >= 0.6 is 15.9 Å². The molecule has 21 heavy (non-hydrogen) atoms. The van der Waals surface area contributed by atoms with Gasteiger partial charge < -0.3 is 10.4 Å². The lowest BCUT2D eigenvalue weighted by Crippen LogP contribution is -2.48. The highest BCUT2D eigenvalue weighted by Gasteiger charge is 2.33. The van der Waals surface area contributed by atoms with Crippen LogP contribution in [0.15, 0.2) is 22.7 Å². The van der Waals surface area contributed by atoms with E-state index in [9.17, 15) is 5.11 Å². The second-order valence-corrected chi connectivity index (χ2v) is 8.08. The van der Waals surface area contributed by atoms with Gasteiger partial charge in [0.2, 0.25) is 0 Å². The van der Waals surface area contributed by atoms with Gasteiger partial charge in [-0.05, 0) is 61.3 Å². The molecule has 3 atom stereocenters. The maximum absolute atomic E-state index is 10.7. The maximum atomic E-state index is 10.7. The third-order valence-corrected chi connectivity index (χ3v) is 5.68. The average Bonchev–Trinajstić information content (AvgIpc) is 2.45. The molecule has 1 fully saturated rings. The van der Waals surface area contributed by atoms with E-state index in [1.807, 2.05) is 0 Å². The summed E-state index contributed by atoms with van der Waals surface area (Å²) < 4.78 is 1.18. The molecule has 3 unspecified atom stereocenters. The Bertz CT molecular complexity index is 504. The summed E-state index contributed by atoms with van der Waals surface area (Å²) in [7, 11) is 0. The van der Waals surface area contributed by atoms with Crippen molar-refractivity contribution in [2.24, 2.45) is 5.92 Å². The third kappa shape index (κ3) is 3.88. The number of nitrogens with one attached hydrogen (secondary N) is 1. The minimum absolute atomic E-state index is 0.475. The molecule has 0 heterocycles. The van der Waals surface area contributed by atoms with Gasteiger partial charge in [0.15, 0.2) is 0 Å². The van der Waals surface area contributed by atoms with Gasteiger partial charge in [-0.15, -0.1) is 0 Å². The van der Waals surface area contributed by atoms with Crippen molar-refractivity contribution in [3.05, 3.63) is 33.8 Å². The van der Waals surface area contributed by atoms with Gasteiger partial charge in [0.25, 0.3) is 0 Å². The molecule has 3 rings (SSSR count). The summed E-state index contributed by atoms with van der Waals surface area (Å²) in [6.07, 6.45) is 7.76. The van der Waals surface area contributed by atoms with Gasteiger partial charge in [-0.2, -0.15) is 0 Å². The summed E-state index contributed by atoms with van der Waals surface area (Å²) >= 11 is 3.55. The zero-order valence-corrected chi connectivity index (χ0v) is 14.5.